The van der Waals surface area contributed by atoms with Crippen molar-refractivity contribution < 1.29 is 0 Å². The maximum Gasteiger partial charge on any atom is 0.0130 e. The zero-order chi connectivity index (χ0) is 8.27. The Balaban J connectivity index is 2.81. The van der Waals surface area contributed by atoms with Crippen molar-refractivity contribution in [3.05, 3.63) is 33.4 Å². The molecule has 1 atom stereocenters. The van der Waals surface area contributed by atoms with E-state index < -0.39 is 0 Å². The van der Waals surface area contributed by atoms with Gasteiger partial charge in [-0.25, -0.2) is 0 Å². The number of halogens is 2. The highest BCUT2D eigenvalue weighted by atomic mass is 127. The third-order valence-corrected chi connectivity index (χ3v) is 3.36. The van der Waals surface area contributed by atoms with Gasteiger partial charge in [0, 0.05) is 8.90 Å². The van der Waals surface area contributed by atoms with Crippen LogP contribution in [0.4, 0.5) is 0 Å². The van der Waals surface area contributed by atoms with Crippen LogP contribution in [0.5, 0.6) is 0 Å². The highest BCUT2D eigenvalue weighted by molar-refractivity contribution is 14.1. The van der Waals surface area contributed by atoms with Crippen molar-refractivity contribution in [1.29, 1.82) is 0 Å². The van der Waals surface area contributed by atoms with E-state index >= 15 is 0 Å². The van der Waals surface area contributed by atoms with Crippen LogP contribution in [0.2, 0.25) is 0 Å². The van der Waals surface area contributed by atoms with E-state index in [4.69, 9.17) is 0 Å². The normalized spacial score (nSPS) is 13.0. The molecule has 0 spiro atoms. The van der Waals surface area contributed by atoms with Crippen molar-refractivity contribution in [2.24, 2.45) is 0 Å². The fourth-order valence-corrected chi connectivity index (χ4v) is 1.61. The predicted molar refractivity (Wildman–Crippen MR) is 61.4 cm³/mol. The lowest BCUT2D eigenvalue weighted by Gasteiger charge is -2.06. The molecular formula is C9H10BrI. The second kappa shape index (κ2) is 4.45. The zero-order valence-electron chi connectivity index (χ0n) is 6.35. The van der Waals surface area contributed by atoms with Gasteiger partial charge in [-0.15, -0.1) is 0 Å². The molecule has 0 radical (unpaired) electrons. The van der Waals surface area contributed by atoms with E-state index in [2.05, 4.69) is 69.7 Å². The molecule has 0 bridgehead atoms. The lowest BCUT2D eigenvalue weighted by Crippen LogP contribution is -1.93. The number of alkyl halides is 1. The Bertz CT molecular complexity index is 218. The van der Waals surface area contributed by atoms with Gasteiger partial charge in [0.05, 0.1) is 0 Å². The molecule has 0 aliphatic carbocycles. The van der Waals surface area contributed by atoms with Crippen LogP contribution in [-0.4, -0.2) is 5.33 Å². The fraction of sp³-hybridized carbons (Fsp3) is 0.333. The van der Waals surface area contributed by atoms with Crippen LogP contribution in [0.25, 0.3) is 0 Å². The lowest BCUT2D eigenvalue weighted by atomic mass is 10.0. The summed E-state index contributed by atoms with van der Waals surface area (Å²) in [4.78, 5) is 0. The van der Waals surface area contributed by atoms with E-state index in [0.29, 0.717) is 5.92 Å². The predicted octanol–water partition coefficient (Wildman–Crippen LogP) is 3.79. The maximum atomic E-state index is 3.47. The summed E-state index contributed by atoms with van der Waals surface area (Å²) in [6.07, 6.45) is 0. The van der Waals surface area contributed by atoms with Gasteiger partial charge in [-0.1, -0.05) is 35.0 Å². The average Bonchev–Trinajstić information content (AvgIpc) is 2.05. The molecule has 0 heterocycles. The third kappa shape index (κ3) is 2.75. The quantitative estimate of drug-likeness (QED) is 0.573. The fourth-order valence-electron chi connectivity index (χ4n) is 0.880. The van der Waals surface area contributed by atoms with Gasteiger partial charge in [0.15, 0.2) is 0 Å². The van der Waals surface area contributed by atoms with E-state index in [0.717, 1.165) is 5.33 Å². The summed E-state index contributed by atoms with van der Waals surface area (Å²) in [6.45, 7) is 2.22. The molecule has 60 valence electrons. The van der Waals surface area contributed by atoms with Gasteiger partial charge < -0.3 is 0 Å². The van der Waals surface area contributed by atoms with Crippen molar-refractivity contribution in [2.75, 3.05) is 5.33 Å². The Morgan fingerprint density at radius 3 is 2.36 bits per heavy atom. The summed E-state index contributed by atoms with van der Waals surface area (Å²) in [6, 6.07) is 8.67. The molecule has 1 aromatic rings. The summed E-state index contributed by atoms with van der Waals surface area (Å²) in [5.74, 6) is 0.618. The van der Waals surface area contributed by atoms with Gasteiger partial charge in [-0.05, 0) is 46.2 Å². The Labute approximate surface area is 89.7 Å². The number of hydrogen-bond acceptors (Lipinski definition) is 0. The minimum absolute atomic E-state index is 0.618. The molecule has 0 fully saturated rings. The Morgan fingerprint density at radius 2 is 1.91 bits per heavy atom. The summed E-state index contributed by atoms with van der Waals surface area (Å²) in [5.41, 5.74) is 1.40. The van der Waals surface area contributed by atoms with Crippen LogP contribution >= 0.6 is 38.5 Å². The molecule has 0 nitrogen and oxygen atoms in total. The van der Waals surface area contributed by atoms with Gasteiger partial charge in [0.2, 0.25) is 0 Å². The van der Waals surface area contributed by atoms with Crippen molar-refractivity contribution in [1.82, 2.24) is 0 Å². The first kappa shape index (κ1) is 9.52. The molecule has 1 aromatic carbocycles. The molecule has 0 N–H and O–H groups in total. The summed E-state index contributed by atoms with van der Waals surface area (Å²) < 4.78 is 1.30. The van der Waals surface area contributed by atoms with E-state index in [1.807, 2.05) is 0 Å². The highest BCUT2D eigenvalue weighted by Crippen LogP contribution is 2.18. The molecule has 0 aliphatic heterocycles. The summed E-state index contributed by atoms with van der Waals surface area (Å²) in [7, 11) is 0. The van der Waals surface area contributed by atoms with E-state index in [1.165, 1.54) is 9.13 Å². The molecule has 0 amide bonds. The molecule has 0 unspecified atom stereocenters. The van der Waals surface area contributed by atoms with Crippen LogP contribution in [0.15, 0.2) is 24.3 Å². The molecule has 0 aliphatic rings. The largest absolute Gasteiger partial charge is 0.0922 e. The van der Waals surface area contributed by atoms with Crippen LogP contribution in [0.3, 0.4) is 0 Å². The molecule has 1 rings (SSSR count). The van der Waals surface area contributed by atoms with Crippen molar-refractivity contribution in [3.63, 3.8) is 0 Å². The maximum absolute atomic E-state index is 3.47. The van der Waals surface area contributed by atoms with Crippen molar-refractivity contribution >= 4 is 38.5 Å². The minimum atomic E-state index is 0.618. The van der Waals surface area contributed by atoms with Gasteiger partial charge in [-0.3, -0.25) is 0 Å². The molecule has 0 saturated carbocycles. The van der Waals surface area contributed by atoms with Crippen molar-refractivity contribution in [2.45, 2.75) is 12.8 Å². The van der Waals surface area contributed by atoms with Crippen molar-refractivity contribution in [3.8, 4) is 0 Å². The first-order chi connectivity index (χ1) is 5.24. The second-order valence-electron chi connectivity index (χ2n) is 2.61. The first-order valence-electron chi connectivity index (χ1n) is 3.55. The van der Waals surface area contributed by atoms with Gasteiger partial charge in [0.1, 0.15) is 0 Å². The Kier molecular flexibility index (Phi) is 3.85. The smallest absolute Gasteiger partial charge is 0.0130 e. The molecule has 0 saturated heterocycles. The van der Waals surface area contributed by atoms with Gasteiger partial charge in [-0.2, -0.15) is 0 Å². The van der Waals surface area contributed by atoms with Crippen LogP contribution in [0, 0.1) is 3.57 Å². The monoisotopic (exact) mass is 324 g/mol. The molecule has 2 heteroatoms. The minimum Gasteiger partial charge on any atom is -0.0922 e. The SMILES string of the molecule is C[C@@H](CBr)c1ccc(I)cc1. The van der Waals surface area contributed by atoms with E-state index in [-0.39, 0.29) is 0 Å². The number of hydrogen-bond donors (Lipinski definition) is 0. The third-order valence-electron chi connectivity index (χ3n) is 1.67. The standard InChI is InChI=1S/C9H10BrI/c1-7(6-10)8-2-4-9(11)5-3-8/h2-5,7H,6H2,1H3/t7-/m0/s1. The van der Waals surface area contributed by atoms with E-state index in [9.17, 15) is 0 Å². The lowest BCUT2D eigenvalue weighted by molar-refractivity contribution is 0.887. The number of rotatable bonds is 2. The second-order valence-corrected chi connectivity index (χ2v) is 4.50. The van der Waals surface area contributed by atoms with Gasteiger partial charge in [0.25, 0.3) is 0 Å². The van der Waals surface area contributed by atoms with Crippen LogP contribution in [0.1, 0.15) is 18.4 Å². The Morgan fingerprint density at radius 1 is 1.36 bits per heavy atom. The zero-order valence-corrected chi connectivity index (χ0v) is 10.1. The van der Waals surface area contributed by atoms with Crippen LogP contribution < -0.4 is 0 Å². The average molecular weight is 325 g/mol. The molecule has 11 heavy (non-hydrogen) atoms. The molecule has 0 aromatic heterocycles. The first-order valence-corrected chi connectivity index (χ1v) is 5.75. The van der Waals surface area contributed by atoms with E-state index in [1.54, 1.807) is 0 Å². The molecular weight excluding hydrogens is 315 g/mol. The topological polar surface area (TPSA) is 0 Å². The summed E-state index contributed by atoms with van der Waals surface area (Å²) >= 11 is 5.79. The van der Waals surface area contributed by atoms with Crippen LogP contribution in [-0.2, 0) is 0 Å². The summed E-state index contributed by atoms with van der Waals surface area (Å²) in [5, 5.41) is 1.04. The Hall–Kier alpha value is 0.430. The highest BCUT2D eigenvalue weighted by Gasteiger charge is 2.01. The van der Waals surface area contributed by atoms with Gasteiger partial charge >= 0.3 is 0 Å². The number of benzene rings is 1.